The minimum Gasteiger partial charge on any atom is -0.493 e. The average molecular weight is 477 g/mol. The van der Waals surface area contributed by atoms with Crippen LogP contribution in [0, 0.1) is 0 Å². The molecule has 1 aromatic carbocycles. The van der Waals surface area contributed by atoms with Crippen LogP contribution in [0.4, 0.5) is 0 Å². The molecule has 2 aromatic rings. The van der Waals surface area contributed by atoms with Crippen LogP contribution in [0.25, 0.3) is 12.2 Å². The van der Waals surface area contributed by atoms with E-state index < -0.39 is 5.97 Å². The van der Waals surface area contributed by atoms with Gasteiger partial charge in [0, 0.05) is 13.1 Å². The van der Waals surface area contributed by atoms with Crippen LogP contribution < -0.4 is 24.2 Å². The first-order valence-corrected chi connectivity index (χ1v) is 11.5. The SMILES string of the molecule is CCOC(=O)/C=c1\s/c(=C\c2ccc(OC)c(OCC)c2)c(=O)n1CC(=O)N1CCOCC1. The second kappa shape index (κ2) is 11.7. The zero-order valence-corrected chi connectivity index (χ0v) is 19.8. The molecule has 1 aromatic heterocycles. The van der Waals surface area contributed by atoms with E-state index in [2.05, 4.69) is 0 Å². The molecule has 3 rings (SSSR count). The van der Waals surface area contributed by atoms with E-state index >= 15 is 0 Å². The lowest BCUT2D eigenvalue weighted by Gasteiger charge is -2.26. The fraction of sp³-hybridized carbons (Fsp3) is 0.435. The highest BCUT2D eigenvalue weighted by atomic mass is 32.1. The average Bonchev–Trinajstić information content (AvgIpc) is 3.09. The predicted octanol–water partition coefficient (Wildman–Crippen LogP) is 0.348. The van der Waals surface area contributed by atoms with E-state index in [0.717, 1.165) is 16.9 Å². The van der Waals surface area contributed by atoms with Crippen LogP contribution in [0.2, 0.25) is 0 Å². The summed E-state index contributed by atoms with van der Waals surface area (Å²) in [5.41, 5.74) is 0.373. The first kappa shape index (κ1) is 24.5. The number of ether oxygens (including phenoxy) is 4. The summed E-state index contributed by atoms with van der Waals surface area (Å²) in [7, 11) is 1.56. The van der Waals surface area contributed by atoms with Crippen molar-refractivity contribution in [3.8, 4) is 11.5 Å². The van der Waals surface area contributed by atoms with Crippen molar-refractivity contribution in [3.05, 3.63) is 43.3 Å². The van der Waals surface area contributed by atoms with Crippen LogP contribution in [0.3, 0.4) is 0 Å². The Kier molecular flexibility index (Phi) is 8.67. The highest BCUT2D eigenvalue weighted by Crippen LogP contribution is 2.28. The minimum absolute atomic E-state index is 0.165. The van der Waals surface area contributed by atoms with Gasteiger partial charge in [0.2, 0.25) is 5.91 Å². The molecule has 33 heavy (non-hydrogen) atoms. The van der Waals surface area contributed by atoms with Crippen LogP contribution >= 0.6 is 11.3 Å². The Morgan fingerprint density at radius 1 is 1.15 bits per heavy atom. The van der Waals surface area contributed by atoms with Gasteiger partial charge in [0.15, 0.2) is 11.5 Å². The normalized spacial score (nSPS) is 14.9. The number of amides is 1. The Morgan fingerprint density at radius 3 is 2.58 bits per heavy atom. The number of aromatic nitrogens is 1. The lowest BCUT2D eigenvalue weighted by molar-refractivity contribution is -0.136. The van der Waals surface area contributed by atoms with Gasteiger partial charge in [-0.05, 0) is 37.6 Å². The number of morpholine rings is 1. The third kappa shape index (κ3) is 6.23. The molecule has 1 aliphatic rings. The Bertz CT molecular complexity index is 1160. The Labute approximate surface area is 195 Å². The largest absolute Gasteiger partial charge is 0.493 e. The van der Waals surface area contributed by atoms with Crippen molar-refractivity contribution in [1.29, 1.82) is 0 Å². The van der Waals surface area contributed by atoms with Crippen LogP contribution in [0.5, 0.6) is 11.5 Å². The van der Waals surface area contributed by atoms with Crippen LogP contribution in [0.15, 0.2) is 23.0 Å². The van der Waals surface area contributed by atoms with Gasteiger partial charge in [0.05, 0.1) is 44.1 Å². The number of hydrogen-bond acceptors (Lipinski definition) is 8. The molecule has 1 fully saturated rings. The molecule has 0 bridgehead atoms. The van der Waals surface area contributed by atoms with Gasteiger partial charge in [0.25, 0.3) is 5.56 Å². The molecular formula is C23H28N2O7S. The number of thiazole rings is 1. The Hall–Kier alpha value is -3.11. The van der Waals surface area contributed by atoms with Crippen LogP contribution in [-0.2, 0) is 25.6 Å². The summed E-state index contributed by atoms with van der Waals surface area (Å²) in [6.07, 6.45) is 2.95. The number of methoxy groups -OCH3 is 1. The first-order valence-electron chi connectivity index (χ1n) is 10.7. The van der Waals surface area contributed by atoms with Gasteiger partial charge in [-0.1, -0.05) is 6.07 Å². The van der Waals surface area contributed by atoms with E-state index in [1.807, 2.05) is 6.92 Å². The number of nitrogens with zero attached hydrogens (tertiary/aromatic N) is 2. The molecule has 0 saturated carbocycles. The van der Waals surface area contributed by atoms with E-state index in [9.17, 15) is 14.4 Å². The first-order chi connectivity index (χ1) is 16.0. The van der Waals surface area contributed by atoms with Crippen molar-refractivity contribution in [2.75, 3.05) is 46.6 Å². The number of carbonyl (C=O) groups excluding carboxylic acids is 2. The quantitative estimate of drug-likeness (QED) is 0.507. The molecule has 1 aliphatic heterocycles. The summed E-state index contributed by atoms with van der Waals surface area (Å²) < 4.78 is 23.3. The lowest BCUT2D eigenvalue weighted by atomic mass is 10.2. The van der Waals surface area contributed by atoms with Gasteiger partial charge in [-0.25, -0.2) is 4.79 Å². The summed E-state index contributed by atoms with van der Waals surface area (Å²) in [5.74, 6) is 0.378. The molecule has 178 valence electrons. The number of hydrogen-bond donors (Lipinski definition) is 0. The van der Waals surface area contributed by atoms with Gasteiger partial charge in [0.1, 0.15) is 11.2 Å². The number of rotatable bonds is 8. The monoisotopic (exact) mass is 476 g/mol. The zero-order chi connectivity index (χ0) is 23.8. The van der Waals surface area contributed by atoms with E-state index in [1.165, 1.54) is 10.6 Å². The summed E-state index contributed by atoms with van der Waals surface area (Å²) >= 11 is 1.12. The molecule has 1 saturated heterocycles. The van der Waals surface area contributed by atoms with E-state index in [0.29, 0.717) is 53.6 Å². The van der Waals surface area contributed by atoms with Crippen molar-refractivity contribution < 1.29 is 28.5 Å². The third-order valence-electron chi connectivity index (χ3n) is 4.91. The number of benzene rings is 1. The third-order valence-corrected chi connectivity index (χ3v) is 5.97. The predicted molar refractivity (Wildman–Crippen MR) is 124 cm³/mol. The molecule has 0 atom stereocenters. The van der Waals surface area contributed by atoms with Crippen molar-refractivity contribution in [1.82, 2.24) is 9.47 Å². The second-order valence-corrected chi connectivity index (χ2v) is 8.14. The molecule has 9 nitrogen and oxygen atoms in total. The molecule has 10 heteroatoms. The number of esters is 1. The zero-order valence-electron chi connectivity index (χ0n) is 19.0. The highest BCUT2D eigenvalue weighted by Gasteiger charge is 2.19. The van der Waals surface area contributed by atoms with Gasteiger partial charge < -0.3 is 23.8 Å². The fourth-order valence-electron chi connectivity index (χ4n) is 3.33. The molecule has 2 heterocycles. The lowest BCUT2D eigenvalue weighted by Crippen LogP contribution is -2.45. The topological polar surface area (TPSA) is 96.3 Å². The maximum absolute atomic E-state index is 13.2. The summed E-state index contributed by atoms with van der Waals surface area (Å²) in [6.45, 7) is 5.96. The van der Waals surface area contributed by atoms with E-state index in [1.54, 1.807) is 43.2 Å². The standard InChI is InChI=1S/C23H28N2O7S/c1-4-31-18-12-16(6-7-17(18)29-3)13-19-23(28)25(21(33-19)14-22(27)32-5-2)15-20(26)24-8-10-30-11-9-24/h6-7,12-14H,4-5,8-11,15H2,1-3H3/b19-13-,21-14-. The molecule has 0 unspecified atom stereocenters. The fourth-order valence-corrected chi connectivity index (χ4v) is 4.36. The summed E-state index contributed by atoms with van der Waals surface area (Å²) in [5, 5.41) is 0. The van der Waals surface area contributed by atoms with Gasteiger partial charge in [-0.3, -0.25) is 14.2 Å². The van der Waals surface area contributed by atoms with Crippen molar-refractivity contribution in [2.24, 2.45) is 0 Å². The van der Waals surface area contributed by atoms with Gasteiger partial charge in [-0.15, -0.1) is 11.3 Å². The second-order valence-electron chi connectivity index (χ2n) is 7.07. The highest BCUT2D eigenvalue weighted by molar-refractivity contribution is 7.07. The molecule has 0 aliphatic carbocycles. The minimum atomic E-state index is -0.569. The van der Waals surface area contributed by atoms with E-state index in [-0.39, 0.29) is 24.6 Å². The smallest absolute Gasteiger partial charge is 0.333 e. The summed E-state index contributed by atoms with van der Waals surface area (Å²) in [6, 6.07) is 5.34. The maximum atomic E-state index is 13.2. The number of carbonyl (C=O) groups is 2. The Morgan fingerprint density at radius 2 is 1.91 bits per heavy atom. The van der Waals surface area contributed by atoms with Crippen LogP contribution in [-0.4, -0.2) is 68.0 Å². The molecule has 0 radical (unpaired) electrons. The molecule has 0 N–H and O–H groups in total. The Balaban J connectivity index is 2.04. The van der Waals surface area contributed by atoms with Crippen molar-refractivity contribution >= 4 is 35.4 Å². The molecular weight excluding hydrogens is 448 g/mol. The van der Waals surface area contributed by atoms with Crippen molar-refractivity contribution in [2.45, 2.75) is 20.4 Å². The van der Waals surface area contributed by atoms with Crippen LogP contribution in [0.1, 0.15) is 19.4 Å². The van der Waals surface area contributed by atoms with Gasteiger partial charge in [-0.2, -0.15) is 0 Å². The van der Waals surface area contributed by atoms with Gasteiger partial charge >= 0.3 is 5.97 Å². The molecule has 0 spiro atoms. The maximum Gasteiger partial charge on any atom is 0.333 e. The van der Waals surface area contributed by atoms with Crippen molar-refractivity contribution in [3.63, 3.8) is 0 Å². The molecule has 1 amide bonds. The summed E-state index contributed by atoms with van der Waals surface area (Å²) in [4.78, 5) is 39.7. The van der Waals surface area contributed by atoms with E-state index in [4.69, 9.17) is 18.9 Å².